The number of nitrogen functional groups attached to an aromatic ring is 3. The van der Waals surface area contributed by atoms with E-state index in [0.717, 1.165) is 10.1 Å². The highest BCUT2D eigenvalue weighted by molar-refractivity contribution is 7.23. The molecule has 1 heterocycles. The van der Waals surface area contributed by atoms with Gasteiger partial charge in [-0.25, -0.2) is 0 Å². The molecule has 0 bridgehead atoms. The molecule has 0 unspecified atom stereocenters. The maximum Gasteiger partial charge on any atom is 0.110 e. The quantitative estimate of drug-likeness (QED) is 0.538. The Labute approximate surface area is 73.8 Å². The van der Waals surface area contributed by atoms with Crippen molar-refractivity contribution in [2.24, 2.45) is 0 Å². The maximum atomic E-state index is 5.74. The van der Waals surface area contributed by atoms with Crippen LogP contribution in [0.4, 0.5) is 16.4 Å². The van der Waals surface area contributed by atoms with Gasteiger partial charge in [-0.2, -0.15) is 0 Å². The van der Waals surface area contributed by atoms with Crippen molar-refractivity contribution in [2.75, 3.05) is 17.2 Å². The Morgan fingerprint density at radius 2 is 1.83 bits per heavy atom. The van der Waals surface area contributed by atoms with Crippen molar-refractivity contribution < 1.29 is 0 Å². The van der Waals surface area contributed by atoms with Crippen LogP contribution < -0.4 is 17.2 Å². The lowest BCUT2D eigenvalue weighted by Gasteiger charge is -1.93. The van der Waals surface area contributed by atoms with Crippen LogP contribution >= 0.6 is 11.3 Å². The maximum absolute atomic E-state index is 5.74. The fourth-order valence-electron chi connectivity index (χ4n) is 1.15. The second kappa shape index (κ2) is 2.28. The number of rotatable bonds is 0. The first-order valence-electron chi connectivity index (χ1n) is 3.51. The number of hydrogen-bond donors (Lipinski definition) is 3. The Morgan fingerprint density at radius 3 is 2.58 bits per heavy atom. The van der Waals surface area contributed by atoms with Gasteiger partial charge in [-0.1, -0.05) is 0 Å². The Morgan fingerprint density at radius 1 is 1.08 bits per heavy atom. The summed E-state index contributed by atoms with van der Waals surface area (Å²) in [5.74, 6) is 0. The molecule has 12 heavy (non-hydrogen) atoms. The van der Waals surface area contributed by atoms with E-state index in [-0.39, 0.29) is 0 Å². The average molecular weight is 179 g/mol. The third kappa shape index (κ3) is 0.887. The minimum atomic E-state index is 0.641. The van der Waals surface area contributed by atoms with Gasteiger partial charge < -0.3 is 17.2 Å². The molecule has 62 valence electrons. The molecule has 0 radical (unpaired) electrons. The zero-order chi connectivity index (χ0) is 8.72. The van der Waals surface area contributed by atoms with Crippen LogP contribution in [0.2, 0.25) is 0 Å². The summed E-state index contributed by atoms with van der Waals surface area (Å²) in [7, 11) is 0. The SMILES string of the molecule is Nc1ccc2sc(N)c(N)c2c1. The molecule has 0 atom stereocenters. The fourth-order valence-corrected chi connectivity index (χ4v) is 2.03. The van der Waals surface area contributed by atoms with Gasteiger partial charge in [0.2, 0.25) is 0 Å². The lowest BCUT2D eigenvalue weighted by Crippen LogP contribution is -1.89. The molecule has 1 aromatic carbocycles. The van der Waals surface area contributed by atoms with Gasteiger partial charge in [0.1, 0.15) is 5.00 Å². The Bertz CT molecular complexity index is 433. The molecule has 0 fully saturated rings. The van der Waals surface area contributed by atoms with E-state index in [2.05, 4.69) is 0 Å². The van der Waals surface area contributed by atoms with Gasteiger partial charge in [-0.3, -0.25) is 0 Å². The molecule has 4 heteroatoms. The number of fused-ring (bicyclic) bond motifs is 1. The molecule has 2 rings (SSSR count). The van der Waals surface area contributed by atoms with Crippen molar-refractivity contribution in [1.82, 2.24) is 0 Å². The molecule has 0 aliphatic rings. The largest absolute Gasteiger partial charge is 0.399 e. The molecule has 6 N–H and O–H groups in total. The summed E-state index contributed by atoms with van der Waals surface area (Å²) in [6.45, 7) is 0. The predicted octanol–water partition coefficient (Wildman–Crippen LogP) is 1.65. The molecule has 0 saturated heterocycles. The summed E-state index contributed by atoms with van der Waals surface area (Å²) in [4.78, 5) is 0. The predicted molar refractivity (Wildman–Crippen MR) is 55.1 cm³/mol. The van der Waals surface area contributed by atoms with Crippen LogP contribution in [0.1, 0.15) is 0 Å². The van der Waals surface area contributed by atoms with E-state index in [1.807, 2.05) is 18.2 Å². The van der Waals surface area contributed by atoms with Crippen LogP contribution in [0.15, 0.2) is 18.2 Å². The van der Waals surface area contributed by atoms with Crippen LogP contribution in [-0.2, 0) is 0 Å². The number of benzene rings is 1. The molecule has 3 nitrogen and oxygen atoms in total. The standard InChI is InChI=1S/C8H9N3S/c9-4-1-2-6-5(3-4)7(10)8(11)12-6/h1-3H,9-11H2. The highest BCUT2D eigenvalue weighted by Crippen LogP contribution is 2.36. The van der Waals surface area contributed by atoms with Gasteiger partial charge in [0.25, 0.3) is 0 Å². The van der Waals surface area contributed by atoms with Crippen LogP contribution in [0.5, 0.6) is 0 Å². The average Bonchev–Trinajstić information content (AvgIpc) is 2.31. The van der Waals surface area contributed by atoms with Gasteiger partial charge in [-0.15, -0.1) is 11.3 Å². The third-order valence-corrected chi connectivity index (χ3v) is 2.79. The lowest BCUT2D eigenvalue weighted by molar-refractivity contribution is 1.78. The zero-order valence-corrected chi connectivity index (χ0v) is 7.19. The van der Waals surface area contributed by atoms with E-state index < -0.39 is 0 Å². The van der Waals surface area contributed by atoms with E-state index in [1.165, 1.54) is 11.3 Å². The summed E-state index contributed by atoms with van der Waals surface area (Å²) >= 11 is 1.48. The molecule has 0 aliphatic carbocycles. The highest BCUT2D eigenvalue weighted by Gasteiger charge is 2.05. The van der Waals surface area contributed by atoms with Gasteiger partial charge >= 0.3 is 0 Å². The molecular formula is C8H9N3S. The van der Waals surface area contributed by atoms with Crippen molar-refractivity contribution in [3.63, 3.8) is 0 Å². The third-order valence-electron chi connectivity index (χ3n) is 1.78. The number of hydrogen-bond acceptors (Lipinski definition) is 4. The molecule has 0 spiro atoms. The first-order valence-corrected chi connectivity index (χ1v) is 4.33. The summed E-state index contributed by atoms with van der Waals surface area (Å²) in [5, 5.41) is 1.62. The normalized spacial score (nSPS) is 10.7. The van der Waals surface area contributed by atoms with Crippen molar-refractivity contribution in [2.45, 2.75) is 0 Å². The summed E-state index contributed by atoms with van der Waals surface area (Å²) in [5.41, 5.74) is 18.4. The molecular weight excluding hydrogens is 170 g/mol. The van der Waals surface area contributed by atoms with Crippen molar-refractivity contribution in [3.05, 3.63) is 18.2 Å². The Hall–Kier alpha value is -1.42. The van der Waals surface area contributed by atoms with E-state index in [0.29, 0.717) is 16.4 Å². The van der Waals surface area contributed by atoms with Crippen molar-refractivity contribution in [3.8, 4) is 0 Å². The fraction of sp³-hybridized carbons (Fsp3) is 0. The van der Waals surface area contributed by atoms with Gasteiger partial charge in [0, 0.05) is 15.8 Å². The lowest BCUT2D eigenvalue weighted by atomic mass is 10.2. The molecule has 0 aliphatic heterocycles. The summed E-state index contributed by atoms with van der Waals surface area (Å²) in [6, 6.07) is 5.62. The Balaban J connectivity index is 2.88. The topological polar surface area (TPSA) is 78.1 Å². The first kappa shape index (κ1) is 7.24. The van der Waals surface area contributed by atoms with Crippen LogP contribution in [0.25, 0.3) is 10.1 Å². The minimum Gasteiger partial charge on any atom is -0.399 e. The van der Waals surface area contributed by atoms with E-state index in [1.54, 1.807) is 0 Å². The van der Waals surface area contributed by atoms with E-state index in [4.69, 9.17) is 17.2 Å². The molecule has 1 aromatic heterocycles. The first-order chi connectivity index (χ1) is 5.68. The molecule has 2 aromatic rings. The molecule has 0 saturated carbocycles. The monoisotopic (exact) mass is 179 g/mol. The van der Waals surface area contributed by atoms with Gasteiger partial charge in [-0.05, 0) is 18.2 Å². The number of nitrogens with two attached hydrogens (primary N) is 3. The van der Waals surface area contributed by atoms with Crippen LogP contribution in [0, 0.1) is 0 Å². The van der Waals surface area contributed by atoms with Crippen molar-refractivity contribution in [1.29, 1.82) is 0 Å². The van der Waals surface area contributed by atoms with Gasteiger partial charge in [0.05, 0.1) is 5.69 Å². The second-order valence-corrected chi connectivity index (χ2v) is 3.72. The summed E-state index contributed by atoms with van der Waals surface area (Å²) in [6.07, 6.45) is 0. The van der Waals surface area contributed by atoms with E-state index >= 15 is 0 Å². The summed E-state index contributed by atoms with van der Waals surface area (Å²) < 4.78 is 1.08. The molecule has 0 amide bonds. The Kier molecular flexibility index (Phi) is 1.38. The smallest absolute Gasteiger partial charge is 0.110 e. The van der Waals surface area contributed by atoms with Crippen LogP contribution in [-0.4, -0.2) is 0 Å². The van der Waals surface area contributed by atoms with Crippen molar-refractivity contribution >= 4 is 37.8 Å². The van der Waals surface area contributed by atoms with Crippen LogP contribution in [0.3, 0.4) is 0 Å². The number of anilines is 3. The zero-order valence-electron chi connectivity index (χ0n) is 6.37. The number of thiophene rings is 1. The highest BCUT2D eigenvalue weighted by atomic mass is 32.1. The minimum absolute atomic E-state index is 0.641. The van der Waals surface area contributed by atoms with E-state index in [9.17, 15) is 0 Å². The second-order valence-electron chi connectivity index (χ2n) is 2.64. The van der Waals surface area contributed by atoms with Gasteiger partial charge in [0.15, 0.2) is 0 Å².